The molecule has 1 fully saturated rings. The van der Waals surface area contributed by atoms with Gasteiger partial charge >= 0.3 is 43.7 Å². The molecule has 0 spiro atoms. The number of carbonyl (C=O) groups excluding carboxylic acids is 2. The van der Waals surface area contributed by atoms with Crippen molar-refractivity contribution < 1.29 is 29.7 Å². The van der Waals surface area contributed by atoms with Gasteiger partial charge in [0.15, 0.2) is 0 Å². The summed E-state index contributed by atoms with van der Waals surface area (Å²) in [5, 5.41) is 30.8. The largest absolute Gasteiger partial charge is 2.00 e. The van der Waals surface area contributed by atoms with Gasteiger partial charge in [0.05, 0.1) is 11.9 Å². The number of aliphatic carboxylic acids is 3. The molecule has 2 atom stereocenters. The predicted octanol–water partition coefficient (Wildman–Crippen LogP) is -3.96. The van der Waals surface area contributed by atoms with Gasteiger partial charge < -0.3 is 36.0 Å². The Labute approximate surface area is 140 Å². The van der Waals surface area contributed by atoms with E-state index in [1.807, 2.05) is 0 Å². The number of nitrogens with one attached hydrogen (secondary N) is 1. The van der Waals surface area contributed by atoms with Crippen LogP contribution in [-0.2, 0) is 14.4 Å². The van der Waals surface area contributed by atoms with Crippen molar-refractivity contribution in [1.29, 1.82) is 0 Å². The van der Waals surface area contributed by atoms with Gasteiger partial charge in [0, 0.05) is 18.5 Å². The molecule has 0 aliphatic carbocycles. The molecule has 1 aliphatic rings. The Morgan fingerprint density at radius 3 is 2.21 bits per heavy atom. The molecule has 4 N–H and O–H groups in total. The summed E-state index contributed by atoms with van der Waals surface area (Å²) < 4.78 is 0. The summed E-state index contributed by atoms with van der Waals surface area (Å²) in [6.45, 7) is 0.818. The molecule has 0 amide bonds. The van der Waals surface area contributed by atoms with E-state index in [0.717, 1.165) is 19.4 Å². The van der Waals surface area contributed by atoms with Crippen molar-refractivity contribution in [3.05, 3.63) is 0 Å². The third-order valence-electron chi connectivity index (χ3n) is 2.32. The summed E-state index contributed by atoms with van der Waals surface area (Å²) in [7, 11) is 0. The molecule has 19 heavy (non-hydrogen) atoms. The first-order valence-corrected chi connectivity index (χ1v) is 5.47. The van der Waals surface area contributed by atoms with Crippen molar-refractivity contribution in [1.82, 2.24) is 5.32 Å². The molecule has 0 saturated carbocycles. The smallest absolute Gasteiger partial charge is 0.548 e. The van der Waals surface area contributed by atoms with Crippen LogP contribution < -0.4 is 21.3 Å². The fourth-order valence-electron chi connectivity index (χ4n) is 1.28. The second-order valence-corrected chi connectivity index (χ2v) is 3.83. The van der Waals surface area contributed by atoms with Crippen molar-refractivity contribution >= 4 is 55.6 Å². The Morgan fingerprint density at radius 1 is 1.37 bits per heavy atom. The van der Waals surface area contributed by atoms with Gasteiger partial charge in [-0.15, -0.1) is 0 Å². The summed E-state index contributed by atoms with van der Waals surface area (Å²) in [4.78, 5) is 29.8. The second kappa shape index (κ2) is 11.4. The summed E-state index contributed by atoms with van der Waals surface area (Å²) in [5.41, 5.74) is 4.94. The average molecular weight is 300 g/mol. The minimum atomic E-state index is -1.42. The zero-order valence-corrected chi connectivity index (χ0v) is 12.7. The molecule has 0 aromatic carbocycles. The zero-order chi connectivity index (χ0) is 14.1. The first-order chi connectivity index (χ1) is 8.34. The first kappa shape index (κ1) is 20.9. The number of hydrogen-bond donors (Lipinski definition) is 3. The van der Waals surface area contributed by atoms with Crippen LogP contribution in [0.4, 0.5) is 0 Å². The Kier molecular flexibility index (Phi) is 12.6. The van der Waals surface area contributed by atoms with E-state index in [2.05, 4.69) is 5.32 Å². The van der Waals surface area contributed by atoms with Gasteiger partial charge in [-0.05, 0) is 25.8 Å². The van der Waals surface area contributed by atoms with E-state index in [1.165, 1.54) is 0 Å². The fourth-order valence-corrected chi connectivity index (χ4v) is 1.28. The van der Waals surface area contributed by atoms with Crippen molar-refractivity contribution in [3.63, 3.8) is 0 Å². The number of carbonyl (C=O) groups is 3. The maximum Gasteiger partial charge on any atom is 2.00 e. The van der Waals surface area contributed by atoms with Gasteiger partial charge in [0.25, 0.3) is 0 Å². The van der Waals surface area contributed by atoms with Crippen molar-refractivity contribution in [2.24, 2.45) is 5.73 Å². The molecular weight excluding hydrogens is 284 g/mol. The Morgan fingerprint density at radius 2 is 1.95 bits per heavy atom. The maximum atomic E-state index is 10.0. The monoisotopic (exact) mass is 300 g/mol. The third-order valence-corrected chi connectivity index (χ3v) is 2.32. The van der Waals surface area contributed by atoms with E-state index >= 15 is 0 Å². The molecule has 104 valence electrons. The summed E-state index contributed by atoms with van der Waals surface area (Å²) >= 11 is 0. The van der Waals surface area contributed by atoms with Crippen molar-refractivity contribution in [3.8, 4) is 0 Å². The van der Waals surface area contributed by atoms with Gasteiger partial charge in [-0.1, -0.05) is 0 Å². The van der Waals surface area contributed by atoms with Crippen molar-refractivity contribution in [2.45, 2.75) is 37.8 Å². The minimum absolute atomic E-state index is 0. The molecular formula is C10H16CaN2O6. The number of rotatable bonds is 5. The van der Waals surface area contributed by atoms with Gasteiger partial charge in [0.1, 0.15) is 0 Å². The number of carboxylic acids is 3. The Balaban J connectivity index is 0. The fraction of sp³-hybridized carbons (Fsp3) is 0.700. The zero-order valence-electron chi connectivity index (χ0n) is 10.5. The third kappa shape index (κ3) is 11.1. The SMILES string of the molecule is N[C@@H](CCC(=O)O)C(=O)[O-].O=C([O-])[C@@H]1CCCN1.[Ca+2]. The Hall–Kier alpha value is -0.410. The second-order valence-electron chi connectivity index (χ2n) is 3.83. The number of hydrogen-bond acceptors (Lipinski definition) is 7. The molecule has 0 aromatic rings. The van der Waals surface area contributed by atoms with Gasteiger partial charge in [0.2, 0.25) is 0 Å². The van der Waals surface area contributed by atoms with Gasteiger partial charge in [-0.2, -0.15) is 0 Å². The average Bonchev–Trinajstić information content (AvgIpc) is 2.79. The van der Waals surface area contributed by atoms with E-state index in [9.17, 15) is 24.6 Å². The first-order valence-electron chi connectivity index (χ1n) is 5.47. The minimum Gasteiger partial charge on any atom is -0.548 e. The molecule has 0 aromatic heterocycles. The standard InChI is InChI=1S/C5H9NO4.C5H9NO2.Ca/c6-3(5(9)10)1-2-4(7)8;7-5(8)4-2-1-3-6-4;/h3H,1-2,6H2,(H,7,8)(H,9,10);4,6H,1-3H2,(H,7,8);/q;;+2/p-2/t3-;4-;/m00./s1. The molecule has 0 unspecified atom stereocenters. The van der Waals surface area contributed by atoms with Crippen LogP contribution in [0.25, 0.3) is 0 Å². The number of carboxylic acid groups (broad SMARTS) is 3. The van der Waals surface area contributed by atoms with Crippen LogP contribution in [0.1, 0.15) is 25.7 Å². The van der Waals surface area contributed by atoms with E-state index in [-0.39, 0.29) is 56.6 Å². The van der Waals surface area contributed by atoms with Crippen LogP contribution in [0.5, 0.6) is 0 Å². The van der Waals surface area contributed by atoms with Crippen LogP contribution in [0.2, 0.25) is 0 Å². The normalized spacial score (nSPS) is 18.5. The topological polar surface area (TPSA) is 156 Å². The van der Waals surface area contributed by atoms with Crippen LogP contribution in [0, 0.1) is 0 Å². The predicted molar refractivity (Wildman–Crippen MR) is 61.6 cm³/mol. The van der Waals surface area contributed by atoms with Crippen LogP contribution in [0.15, 0.2) is 0 Å². The molecule has 1 heterocycles. The molecule has 8 nitrogen and oxygen atoms in total. The van der Waals surface area contributed by atoms with Crippen molar-refractivity contribution in [2.75, 3.05) is 6.54 Å². The summed E-state index contributed by atoms with van der Waals surface area (Å²) in [6.07, 6.45) is 1.35. The number of nitrogens with two attached hydrogens (primary N) is 1. The van der Waals surface area contributed by atoms with E-state index in [4.69, 9.17) is 10.8 Å². The van der Waals surface area contributed by atoms with Crippen LogP contribution >= 0.6 is 0 Å². The molecule has 1 saturated heterocycles. The molecule has 1 aliphatic heterocycles. The maximum absolute atomic E-state index is 10.0. The molecule has 0 bridgehead atoms. The van der Waals surface area contributed by atoms with Gasteiger partial charge in [-0.3, -0.25) is 4.79 Å². The van der Waals surface area contributed by atoms with E-state index in [1.54, 1.807) is 0 Å². The Bertz CT molecular complexity index is 306. The molecule has 1 rings (SSSR count). The summed E-state index contributed by atoms with van der Waals surface area (Å²) in [6, 6.07) is -1.55. The molecule has 0 radical (unpaired) electrons. The van der Waals surface area contributed by atoms with E-state index < -0.39 is 23.9 Å². The van der Waals surface area contributed by atoms with Gasteiger partial charge in [-0.25, -0.2) is 0 Å². The quantitative estimate of drug-likeness (QED) is 0.434. The van der Waals surface area contributed by atoms with E-state index in [0.29, 0.717) is 0 Å². The van der Waals surface area contributed by atoms with Crippen LogP contribution in [0.3, 0.4) is 0 Å². The molecule has 9 heteroatoms. The van der Waals surface area contributed by atoms with Crippen LogP contribution in [-0.4, -0.2) is 79.4 Å². The summed E-state index contributed by atoms with van der Waals surface area (Å²) in [5.74, 6) is -3.44.